The molecule has 0 saturated carbocycles. The zero-order valence-electron chi connectivity index (χ0n) is 17.1. The molecule has 1 aromatic carbocycles. The van der Waals surface area contributed by atoms with E-state index in [-0.39, 0.29) is 0 Å². The zero-order chi connectivity index (χ0) is 18.9. The number of piperidine rings is 1. The molecule has 3 rings (SSSR count). The maximum absolute atomic E-state index is 5.41. The van der Waals surface area contributed by atoms with Gasteiger partial charge in [0.05, 0.1) is 13.2 Å². The standard InChI is InChI=1S/C22H36N4O/c1-19-18-26(13-10-21(19)20-8-4-3-5-9-20)22(23-2)24-11-6-7-12-25-14-16-27-17-15-25/h3-5,8-9,19,21H,6-7,10-18H2,1-2H3,(H,23,24). The van der Waals surface area contributed by atoms with Crippen molar-refractivity contribution in [2.45, 2.75) is 32.1 Å². The van der Waals surface area contributed by atoms with Crippen LogP contribution in [0.25, 0.3) is 0 Å². The number of rotatable bonds is 6. The minimum Gasteiger partial charge on any atom is -0.379 e. The number of guanidine groups is 1. The molecule has 27 heavy (non-hydrogen) atoms. The lowest BCUT2D eigenvalue weighted by Crippen LogP contribution is -2.48. The largest absolute Gasteiger partial charge is 0.379 e. The van der Waals surface area contributed by atoms with Crippen molar-refractivity contribution in [1.29, 1.82) is 0 Å². The van der Waals surface area contributed by atoms with Crippen LogP contribution >= 0.6 is 0 Å². The summed E-state index contributed by atoms with van der Waals surface area (Å²) in [7, 11) is 1.91. The van der Waals surface area contributed by atoms with Crippen LogP contribution in [0.5, 0.6) is 0 Å². The highest BCUT2D eigenvalue weighted by Gasteiger charge is 2.28. The van der Waals surface area contributed by atoms with Gasteiger partial charge in [-0.05, 0) is 43.2 Å². The van der Waals surface area contributed by atoms with Crippen molar-refractivity contribution in [3.05, 3.63) is 35.9 Å². The number of ether oxygens (including phenoxy) is 1. The topological polar surface area (TPSA) is 40.1 Å². The molecule has 2 fully saturated rings. The molecule has 5 nitrogen and oxygen atoms in total. The molecule has 2 atom stereocenters. The van der Waals surface area contributed by atoms with Crippen molar-refractivity contribution < 1.29 is 4.74 Å². The van der Waals surface area contributed by atoms with Gasteiger partial charge in [0.15, 0.2) is 5.96 Å². The molecular formula is C22H36N4O. The van der Waals surface area contributed by atoms with Gasteiger partial charge in [-0.2, -0.15) is 0 Å². The second-order valence-corrected chi connectivity index (χ2v) is 7.86. The minimum atomic E-state index is 0.640. The summed E-state index contributed by atoms with van der Waals surface area (Å²) in [5.41, 5.74) is 1.48. The van der Waals surface area contributed by atoms with Crippen molar-refractivity contribution in [2.75, 3.05) is 59.5 Å². The molecule has 2 unspecified atom stereocenters. The summed E-state index contributed by atoms with van der Waals surface area (Å²) in [4.78, 5) is 9.48. The van der Waals surface area contributed by atoms with Gasteiger partial charge in [-0.3, -0.25) is 9.89 Å². The molecule has 2 aliphatic rings. The summed E-state index contributed by atoms with van der Waals surface area (Å²) < 4.78 is 5.41. The molecule has 2 aliphatic heterocycles. The van der Waals surface area contributed by atoms with E-state index in [4.69, 9.17) is 4.74 Å². The molecule has 2 heterocycles. The number of hydrogen-bond acceptors (Lipinski definition) is 3. The van der Waals surface area contributed by atoms with Crippen LogP contribution in [-0.4, -0.2) is 75.3 Å². The van der Waals surface area contributed by atoms with Gasteiger partial charge in [0.2, 0.25) is 0 Å². The molecule has 150 valence electrons. The van der Waals surface area contributed by atoms with Gasteiger partial charge in [0.1, 0.15) is 0 Å². The number of benzene rings is 1. The first-order valence-electron chi connectivity index (χ1n) is 10.6. The average molecular weight is 373 g/mol. The molecule has 0 spiro atoms. The van der Waals surface area contributed by atoms with Crippen LogP contribution in [0.4, 0.5) is 0 Å². The van der Waals surface area contributed by atoms with E-state index in [1.165, 1.54) is 31.4 Å². The Morgan fingerprint density at radius 3 is 2.63 bits per heavy atom. The monoisotopic (exact) mass is 372 g/mol. The number of unbranched alkanes of at least 4 members (excludes halogenated alkanes) is 1. The Balaban J connectivity index is 1.38. The molecule has 0 aliphatic carbocycles. The predicted molar refractivity (Wildman–Crippen MR) is 112 cm³/mol. The van der Waals surface area contributed by atoms with Crippen LogP contribution < -0.4 is 5.32 Å². The minimum absolute atomic E-state index is 0.640. The van der Waals surface area contributed by atoms with Gasteiger partial charge >= 0.3 is 0 Å². The predicted octanol–water partition coefficient (Wildman–Crippen LogP) is 2.80. The van der Waals surface area contributed by atoms with Crippen LogP contribution in [0.15, 0.2) is 35.3 Å². The lowest BCUT2D eigenvalue weighted by molar-refractivity contribution is 0.0372. The van der Waals surface area contributed by atoms with E-state index in [0.29, 0.717) is 11.8 Å². The number of aliphatic imine (C=N–C) groups is 1. The van der Waals surface area contributed by atoms with E-state index >= 15 is 0 Å². The average Bonchev–Trinajstić information content (AvgIpc) is 2.72. The highest BCUT2D eigenvalue weighted by atomic mass is 16.5. The summed E-state index contributed by atoms with van der Waals surface area (Å²) in [6, 6.07) is 11.0. The molecule has 0 aromatic heterocycles. The summed E-state index contributed by atoms with van der Waals surface area (Å²) >= 11 is 0. The summed E-state index contributed by atoms with van der Waals surface area (Å²) in [6.07, 6.45) is 3.62. The quantitative estimate of drug-likeness (QED) is 0.474. The fraction of sp³-hybridized carbons (Fsp3) is 0.682. The molecule has 0 radical (unpaired) electrons. The van der Waals surface area contributed by atoms with Gasteiger partial charge in [0, 0.05) is 39.8 Å². The molecule has 5 heteroatoms. The Morgan fingerprint density at radius 2 is 1.93 bits per heavy atom. The van der Waals surface area contributed by atoms with E-state index < -0.39 is 0 Å². The first kappa shape index (κ1) is 20.2. The molecule has 2 saturated heterocycles. The van der Waals surface area contributed by atoms with Crippen molar-refractivity contribution in [3.63, 3.8) is 0 Å². The molecule has 0 amide bonds. The van der Waals surface area contributed by atoms with Crippen LogP contribution in [-0.2, 0) is 4.74 Å². The van der Waals surface area contributed by atoms with Crippen LogP contribution in [0, 0.1) is 5.92 Å². The smallest absolute Gasteiger partial charge is 0.193 e. The second-order valence-electron chi connectivity index (χ2n) is 7.86. The Hall–Kier alpha value is -1.59. The third-order valence-electron chi connectivity index (χ3n) is 5.93. The maximum Gasteiger partial charge on any atom is 0.193 e. The summed E-state index contributed by atoms with van der Waals surface area (Å²) in [6.45, 7) is 10.7. The van der Waals surface area contributed by atoms with E-state index in [0.717, 1.165) is 51.9 Å². The molecule has 1 N–H and O–H groups in total. The van der Waals surface area contributed by atoms with Gasteiger partial charge in [-0.25, -0.2) is 0 Å². The third kappa shape index (κ3) is 5.94. The Kier molecular flexibility index (Phi) is 7.96. The fourth-order valence-corrected chi connectivity index (χ4v) is 4.35. The highest BCUT2D eigenvalue weighted by Crippen LogP contribution is 2.32. The lowest BCUT2D eigenvalue weighted by Gasteiger charge is -2.39. The van der Waals surface area contributed by atoms with Crippen LogP contribution in [0.1, 0.15) is 37.7 Å². The van der Waals surface area contributed by atoms with E-state index in [1.807, 2.05) is 7.05 Å². The second kappa shape index (κ2) is 10.7. The van der Waals surface area contributed by atoms with Gasteiger partial charge in [0.25, 0.3) is 0 Å². The van der Waals surface area contributed by atoms with E-state index in [2.05, 4.69) is 57.4 Å². The summed E-state index contributed by atoms with van der Waals surface area (Å²) in [5.74, 6) is 2.37. The number of hydrogen-bond donors (Lipinski definition) is 1. The highest BCUT2D eigenvalue weighted by molar-refractivity contribution is 5.80. The van der Waals surface area contributed by atoms with Gasteiger partial charge < -0.3 is 15.0 Å². The molecule has 1 aromatic rings. The normalized spacial score (nSPS) is 24.8. The number of nitrogens with zero attached hydrogens (tertiary/aromatic N) is 3. The van der Waals surface area contributed by atoms with Crippen molar-refractivity contribution in [3.8, 4) is 0 Å². The zero-order valence-corrected chi connectivity index (χ0v) is 17.1. The number of morpholine rings is 1. The van der Waals surface area contributed by atoms with Crippen molar-refractivity contribution in [1.82, 2.24) is 15.1 Å². The Bertz CT molecular complexity index is 571. The molecule has 0 bridgehead atoms. The third-order valence-corrected chi connectivity index (χ3v) is 5.93. The van der Waals surface area contributed by atoms with E-state index in [9.17, 15) is 0 Å². The molecular weight excluding hydrogens is 336 g/mol. The fourth-order valence-electron chi connectivity index (χ4n) is 4.35. The van der Waals surface area contributed by atoms with Crippen molar-refractivity contribution >= 4 is 5.96 Å². The number of nitrogens with one attached hydrogen (secondary N) is 1. The first-order valence-corrected chi connectivity index (χ1v) is 10.6. The van der Waals surface area contributed by atoms with Gasteiger partial charge in [-0.1, -0.05) is 37.3 Å². The Morgan fingerprint density at radius 1 is 1.15 bits per heavy atom. The summed E-state index contributed by atoms with van der Waals surface area (Å²) in [5, 5.41) is 3.58. The lowest BCUT2D eigenvalue weighted by atomic mass is 9.82. The maximum atomic E-state index is 5.41. The first-order chi connectivity index (χ1) is 13.3. The SMILES string of the molecule is CN=C(NCCCCN1CCOCC1)N1CCC(c2ccccc2)C(C)C1. The van der Waals surface area contributed by atoms with Gasteiger partial charge in [-0.15, -0.1) is 0 Å². The van der Waals surface area contributed by atoms with E-state index in [1.54, 1.807) is 0 Å². The van der Waals surface area contributed by atoms with Crippen LogP contribution in [0.2, 0.25) is 0 Å². The Labute approximate surface area is 164 Å². The van der Waals surface area contributed by atoms with Crippen LogP contribution in [0.3, 0.4) is 0 Å². The van der Waals surface area contributed by atoms with Crippen molar-refractivity contribution in [2.24, 2.45) is 10.9 Å². The number of likely N-dealkylation sites (tertiary alicyclic amines) is 1.